The van der Waals surface area contributed by atoms with Crippen LogP contribution in [-0.2, 0) is 12.7 Å². The van der Waals surface area contributed by atoms with Crippen molar-refractivity contribution >= 4 is 26.8 Å². The SMILES string of the molecule is CN1CCN(Cc2ccc3c(Br)cc(C(F)(F)F)cc3n2)CC1. The molecule has 1 aromatic heterocycles. The van der Waals surface area contributed by atoms with E-state index in [1.807, 2.05) is 12.1 Å². The van der Waals surface area contributed by atoms with Crippen molar-refractivity contribution in [3.8, 4) is 0 Å². The molecule has 7 heteroatoms. The van der Waals surface area contributed by atoms with Gasteiger partial charge in [0.2, 0.25) is 0 Å². The molecule has 0 amide bonds. The highest BCUT2D eigenvalue weighted by molar-refractivity contribution is 9.10. The highest BCUT2D eigenvalue weighted by atomic mass is 79.9. The van der Waals surface area contributed by atoms with Gasteiger partial charge >= 0.3 is 6.18 Å². The lowest BCUT2D eigenvalue weighted by molar-refractivity contribution is -0.137. The fourth-order valence-corrected chi connectivity index (χ4v) is 3.30. The number of rotatable bonds is 2. The molecular formula is C16H17BrF3N3. The average Bonchev–Trinajstić information content (AvgIpc) is 2.48. The van der Waals surface area contributed by atoms with Gasteiger partial charge in [-0.1, -0.05) is 15.9 Å². The number of likely N-dealkylation sites (N-methyl/N-ethyl adjacent to an activating group) is 1. The van der Waals surface area contributed by atoms with E-state index in [0.717, 1.165) is 44.0 Å². The summed E-state index contributed by atoms with van der Waals surface area (Å²) < 4.78 is 39.3. The number of pyridine rings is 1. The van der Waals surface area contributed by atoms with Gasteiger partial charge in [-0.05, 0) is 31.3 Å². The van der Waals surface area contributed by atoms with E-state index < -0.39 is 11.7 Å². The molecule has 23 heavy (non-hydrogen) atoms. The van der Waals surface area contributed by atoms with Gasteiger partial charge in [0, 0.05) is 42.6 Å². The minimum absolute atomic E-state index is 0.373. The Morgan fingerprint density at radius 3 is 2.48 bits per heavy atom. The zero-order chi connectivity index (χ0) is 16.6. The third-order valence-corrected chi connectivity index (χ3v) is 4.78. The zero-order valence-electron chi connectivity index (χ0n) is 12.7. The molecule has 1 aliphatic heterocycles. The van der Waals surface area contributed by atoms with E-state index in [-0.39, 0.29) is 0 Å². The quantitative estimate of drug-likeness (QED) is 0.781. The Morgan fingerprint density at radius 1 is 1.13 bits per heavy atom. The molecular weight excluding hydrogens is 371 g/mol. The van der Waals surface area contributed by atoms with Crippen LogP contribution in [0.15, 0.2) is 28.7 Å². The summed E-state index contributed by atoms with van der Waals surface area (Å²) in [6.07, 6.45) is -4.37. The van der Waals surface area contributed by atoms with Crippen molar-refractivity contribution in [1.82, 2.24) is 14.8 Å². The lowest BCUT2D eigenvalue weighted by Gasteiger charge is -2.32. The second-order valence-corrected chi connectivity index (χ2v) is 6.76. The summed E-state index contributed by atoms with van der Waals surface area (Å²) >= 11 is 3.21. The Balaban J connectivity index is 1.88. The number of piperazine rings is 1. The van der Waals surface area contributed by atoms with Crippen molar-refractivity contribution in [3.05, 3.63) is 40.0 Å². The molecule has 3 rings (SSSR count). The molecule has 1 fully saturated rings. The summed E-state index contributed by atoms with van der Waals surface area (Å²) in [6, 6.07) is 5.94. The standard InChI is InChI=1S/C16H17BrF3N3/c1-22-4-6-23(7-5-22)10-12-2-3-13-14(17)8-11(16(18,19)20)9-15(13)21-12/h2-3,8-9H,4-7,10H2,1H3. The summed E-state index contributed by atoms with van der Waals surface area (Å²) in [5.41, 5.74) is 0.493. The predicted molar refractivity (Wildman–Crippen MR) is 87.2 cm³/mol. The van der Waals surface area contributed by atoms with Gasteiger partial charge in [0.05, 0.1) is 16.8 Å². The van der Waals surface area contributed by atoms with Crippen LogP contribution < -0.4 is 0 Å². The monoisotopic (exact) mass is 387 g/mol. The van der Waals surface area contributed by atoms with Crippen molar-refractivity contribution in [1.29, 1.82) is 0 Å². The predicted octanol–water partition coefficient (Wildman–Crippen LogP) is 3.76. The first-order valence-electron chi connectivity index (χ1n) is 7.40. The molecule has 1 saturated heterocycles. The minimum Gasteiger partial charge on any atom is -0.304 e. The summed E-state index contributed by atoms with van der Waals surface area (Å²) in [4.78, 5) is 8.97. The Labute approximate surface area is 141 Å². The van der Waals surface area contributed by atoms with Gasteiger partial charge in [-0.2, -0.15) is 13.2 Å². The molecule has 0 radical (unpaired) electrons. The third-order valence-electron chi connectivity index (χ3n) is 4.12. The van der Waals surface area contributed by atoms with Crippen molar-refractivity contribution < 1.29 is 13.2 Å². The molecule has 124 valence electrons. The highest BCUT2D eigenvalue weighted by Gasteiger charge is 2.31. The Kier molecular flexibility index (Phi) is 4.62. The second-order valence-electron chi connectivity index (χ2n) is 5.90. The maximum atomic E-state index is 12.9. The maximum Gasteiger partial charge on any atom is 0.416 e. The fraction of sp³-hybridized carbons (Fsp3) is 0.438. The number of benzene rings is 1. The molecule has 0 spiro atoms. The second kappa shape index (κ2) is 6.37. The van der Waals surface area contributed by atoms with E-state index in [1.54, 1.807) is 0 Å². The van der Waals surface area contributed by atoms with Crippen LogP contribution in [0.5, 0.6) is 0 Å². The lowest BCUT2D eigenvalue weighted by atomic mass is 10.1. The van der Waals surface area contributed by atoms with Crippen LogP contribution in [0, 0.1) is 0 Å². The molecule has 0 bridgehead atoms. The third kappa shape index (κ3) is 3.84. The van der Waals surface area contributed by atoms with Crippen LogP contribution in [0.4, 0.5) is 13.2 Å². The van der Waals surface area contributed by atoms with Crippen LogP contribution >= 0.6 is 15.9 Å². The Morgan fingerprint density at radius 2 is 1.83 bits per heavy atom. The molecule has 3 nitrogen and oxygen atoms in total. The van der Waals surface area contributed by atoms with Crippen molar-refractivity contribution in [2.45, 2.75) is 12.7 Å². The molecule has 0 saturated carbocycles. The molecule has 0 aliphatic carbocycles. The molecule has 0 atom stereocenters. The largest absolute Gasteiger partial charge is 0.416 e. The van der Waals surface area contributed by atoms with Gasteiger partial charge in [-0.15, -0.1) is 0 Å². The summed E-state index contributed by atoms with van der Waals surface area (Å²) in [5, 5.41) is 0.695. The minimum atomic E-state index is -4.37. The molecule has 2 aromatic rings. The smallest absolute Gasteiger partial charge is 0.304 e. The van der Waals surface area contributed by atoms with Crippen LogP contribution in [0.2, 0.25) is 0 Å². The van der Waals surface area contributed by atoms with E-state index in [4.69, 9.17) is 0 Å². The Bertz CT molecular complexity index is 710. The number of nitrogens with zero attached hydrogens (tertiary/aromatic N) is 3. The first kappa shape index (κ1) is 16.7. The number of halogens is 4. The fourth-order valence-electron chi connectivity index (χ4n) is 2.72. The van der Waals surface area contributed by atoms with Crippen LogP contribution in [0.1, 0.15) is 11.3 Å². The van der Waals surface area contributed by atoms with Gasteiger partial charge in [-0.3, -0.25) is 9.88 Å². The van der Waals surface area contributed by atoms with E-state index >= 15 is 0 Å². The summed E-state index contributed by atoms with van der Waals surface area (Å²) in [7, 11) is 2.09. The Hall–Kier alpha value is -1.18. The van der Waals surface area contributed by atoms with E-state index in [0.29, 0.717) is 21.9 Å². The highest BCUT2D eigenvalue weighted by Crippen LogP contribution is 2.34. The van der Waals surface area contributed by atoms with E-state index in [9.17, 15) is 13.2 Å². The van der Waals surface area contributed by atoms with Crippen LogP contribution in [-0.4, -0.2) is 48.0 Å². The zero-order valence-corrected chi connectivity index (χ0v) is 14.3. The van der Waals surface area contributed by atoms with Crippen molar-refractivity contribution in [2.75, 3.05) is 33.2 Å². The average molecular weight is 388 g/mol. The van der Waals surface area contributed by atoms with Gasteiger partial charge in [0.25, 0.3) is 0 Å². The molecule has 1 aromatic carbocycles. The first-order chi connectivity index (χ1) is 10.8. The molecule has 1 aliphatic rings. The first-order valence-corrected chi connectivity index (χ1v) is 8.19. The maximum absolute atomic E-state index is 12.9. The normalized spacial score (nSPS) is 17.8. The van der Waals surface area contributed by atoms with E-state index in [1.165, 1.54) is 0 Å². The van der Waals surface area contributed by atoms with Gasteiger partial charge < -0.3 is 4.90 Å². The van der Waals surface area contributed by atoms with Crippen molar-refractivity contribution in [2.24, 2.45) is 0 Å². The van der Waals surface area contributed by atoms with Crippen LogP contribution in [0.3, 0.4) is 0 Å². The van der Waals surface area contributed by atoms with E-state index in [2.05, 4.69) is 37.8 Å². The van der Waals surface area contributed by atoms with Gasteiger partial charge in [0.1, 0.15) is 0 Å². The van der Waals surface area contributed by atoms with Crippen molar-refractivity contribution in [3.63, 3.8) is 0 Å². The molecule has 0 N–H and O–H groups in total. The number of hydrogen-bond acceptors (Lipinski definition) is 3. The summed E-state index contributed by atoms with van der Waals surface area (Å²) in [6.45, 7) is 4.55. The topological polar surface area (TPSA) is 19.4 Å². The number of fused-ring (bicyclic) bond motifs is 1. The van der Waals surface area contributed by atoms with Crippen LogP contribution in [0.25, 0.3) is 10.9 Å². The molecule has 0 unspecified atom stereocenters. The number of hydrogen-bond donors (Lipinski definition) is 0. The van der Waals surface area contributed by atoms with Gasteiger partial charge in [0.15, 0.2) is 0 Å². The lowest BCUT2D eigenvalue weighted by Crippen LogP contribution is -2.44. The number of alkyl halides is 3. The van der Waals surface area contributed by atoms with Gasteiger partial charge in [-0.25, -0.2) is 0 Å². The number of aromatic nitrogens is 1. The summed E-state index contributed by atoms with van der Waals surface area (Å²) in [5.74, 6) is 0. The molecule has 2 heterocycles.